The zero-order valence-electron chi connectivity index (χ0n) is 12.6. The highest BCUT2D eigenvalue weighted by molar-refractivity contribution is 9.10. The summed E-state index contributed by atoms with van der Waals surface area (Å²) in [7, 11) is 0. The summed E-state index contributed by atoms with van der Waals surface area (Å²) < 4.78 is 1.19. The minimum atomic E-state index is 0.382. The van der Waals surface area contributed by atoms with Gasteiger partial charge in [0, 0.05) is 21.2 Å². The van der Waals surface area contributed by atoms with Crippen LogP contribution >= 0.6 is 27.7 Å². The van der Waals surface area contributed by atoms with Gasteiger partial charge in [-0.15, -0.1) is 11.8 Å². The number of halogens is 1. The van der Waals surface area contributed by atoms with Crippen LogP contribution in [0.5, 0.6) is 0 Å². The van der Waals surface area contributed by atoms with Crippen LogP contribution in [0.4, 0.5) is 0 Å². The van der Waals surface area contributed by atoms with Gasteiger partial charge in [-0.1, -0.05) is 59.3 Å². The summed E-state index contributed by atoms with van der Waals surface area (Å²) >= 11 is 5.59. The molecule has 21 heavy (non-hydrogen) atoms. The summed E-state index contributed by atoms with van der Waals surface area (Å²) in [5.74, 6) is 1.01. The molecule has 0 aliphatic heterocycles. The maximum absolute atomic E-state index is 3.71. The molecule has 2 rings (SSSR count). The van der Waals surface area contributed by atoms with Crippen LogP contribution in [-0.2, 0) is 5.75 Å². The van der Waals surface area contributed by atoms with Crippen LogP contribution < -0.4 is 5.32 Å². The van der Waals surface area contributed by atoms with Crippen LogP contribution in [-0.4, -0.2) is 6.54 Å². The highest BCUT2D eigenvalue weighted by Crippen LogP contribution is 2.30. The SMILES string of the molecule is CCCNC(C)c1ccc(SCc2ccccc2)cc1Br. The molecule has 2 aromatic rings. The molecule has 2 aromatic carbocycles. The second-order valence-electron chi connectivity index (χ2n) is 5.13. The number of nitrogens with one attached hydrogen (secondary N) is 1. The van der Waals surface area contributed by atoms with E-state index in [-0.39, 0.29) is 0 Å². The highest BCUT2D eigenvalue weighted by atomic mass is 79.9. The molecule has 0 aromatic heterocycles. The van der Waals surface area contributed by atoms with E-state index < -0.39 is 0 Å². The Hall–Kier alpha value is -0.770. The lowest BCUT2D eigenvalue weighted by atomic mass is 10.1. The van der Waals surface area contributed by atoms with Crippen molar-refractivity contribution in [3.05, 3.63) is 64.1 Å². The molecule has 112 valence electrons. The number of benzene rings is 2. The molecule has 0 fully saturated rings. The van der Waals surface area contributed by atoms with Gasteiger partial charge < -0.3 is 5.32 Å². The second kappa shape index (κ2) is 8.62. The van der Waals surface area contributed by atoms with Gasteiger partial charge in [-0.2, -0.15) is 0 Å². The number of hydrogen-bond donors (Lipinski definition) is 1. The first-order chi connectivity index (χ1) is 10.2. The maximum atomic E-state index is 3.71. The van der Waals surface area contributed by atoms with E-state index in [1.165, 1.54) is 20.5 Å². The first-order valence-electron chi connectivity index (χ1n) is 7.40. The van der Waals surface area contributed by atoms with Crippen molar-refractivity contribution in [2.75, 3.05) is 6.54 Å². The Labute approximate surface area is 140 Å². The quantitative estimate of drug-likeness (QED) is 0.623. The molecular formula is C18H22BrNS. The number of rotatable bonds is 7. The summed E-state index contributed by atoms with van der Waals surface area (Å²) in [6.45, 7) is 5.46. The minimum absolute atomic E-state index is 0.382. The van der Waals surface area contributed by atoms with E-state index >= 15 is 0 Å². The molecule has 0 saturated heterocycles. The first kappa shape index (κ1) is 16.6. The summed E-state index contributed by atoms with van der Waals surface area (Å²) in [5, 5.41) is 3.53. The summed E-state index contributed by atoms with van der Waals surface area (Å²) in [5.41, 5.74) is 2.69. The van der Waals surface area contributed by atoms with Crippen LogP contribution in [0.2, 0.25) is 0 Å². The molecule has 0 aliphatic carbocycles. The average molecular weight is 364 g/mol. The smallest absolute Gasteiger partial charge is 0.0302 e. The molecule has 1 atom stereocenters. The van der Waals surface area contributed by atoms with Gasteiger partial charge in [0.15, 0.2) is 0 Å². The van der Waals surface area contributed by atoms with Gasteiger partial charge in [0.2, 0.25) is 0 Å². The predicted molar refractivity (Wildman–Crippen MR) is 96.9 cm³/mol. The standard InChI is InChI=1S/C18H22BrNS/c1-3-11-20-14(2)17-10-9-16(12-18(17)19)21-13-15-7-5-4-6-8-15/h4-10,12,14,20H,3,11,13H2,1-2H3. The van der Waals surface area contributed by atoms with Crippen LogP contribution in [0.1, 0.15) is 37.4 Å². The Kier molecular flexibility index (Phi) is 6.81. The minimum Gasteiger partial charge on any atom is -0.310 e. The van der Waals surface area contributed by atoms with Crippen molar-refractivity contribution in [2.45, 2.75) is 37.0 Å². The van der Waals surface area contributed by atoms with Gasteiger partial charge in [-0.3, -0.25) is 0 Å². The van der Waals surface area contributed by atoms with Gasteiger partial charge in [0.25, 0.3) is 0 Å². The molecule has 3 heteroatoms. The third kappa shape index (κ3) is 5.17. The third-order valence-corrected chi connectivity index (χ3v) is 5.14. The van der Waals surface area contributed by atoms with E-state index in [4.69, 9.17) is 0 Å². The van der Waals surface area contributed by atoms with Crippen molar-refractivity contribution in [3.63, 3.8) is 0 Å². The van der Waals surface area contributed by atoms with Crippen LogP contribution in [0.3, 0.4) is 0 Å². The van der Waals surface area contributed by atoms with E-state index in [1.807, 2.05) is 11.8 Å². The Morgan fingerprint density at radius 2 is 1.90 bits per heavy atom. The molecule has 1 unspecified atom stereocenters. The molecule has 1 N–H and O–H groups in total. The first-order valence-corrected chi connectivity index (χ1v) is 9.18. The molecule has 0 bridgehead atoms. The fraction of sp³-hybridized carbons (Fsp3) is 0.333. The molecular weight excluding hydrogens is 342 g/mol. The van der Waals surface area contributed by atoms with Crippen molar-refractivity contribution < 1.29 is 0 Å². The van der Waals surface area contributed by atoms with Crippen LogP contribution in [0, 0.1) is 0 Å². The van der Waals surface area contributed by atoms with Gasteiger partial charge >= 0.3 is 0 Å². The van der Waals surface area contributed by atoms with Crippen LogP contribution in [0.15, 0.2) is 57.9 Å². The second-order valence-corrected chi connectivity index (χ2v) is 7.04. The highest BCUT2D eigenvalue weighted by Gasteiger charge is 2.09. The molecule has 0 spiro atoms. The number of hydrogen-bond acceptors (Lipinski definition) is 2. The van der Waals surface area contributed by atoms with Crippen molar-refractivity contribution in [1.82, 2.24) is 5.32 Å². The normalized spacial score (nSPS) is 12.3. The van der Waals surface area contributed by atoms with Crippen molar-refractivity contribution in [2.24, 2.45) is 0 Å². The monoisotopic (exact) mass is 363 g/mol. The zero-order valence-corrected chi connectivity index (χ0v) is 15.0. The summed E-state index contributed by atoms with van der Waals surface area (Å²) in [6.07, 6.45) is 1.16. The van der Waals surface area contributed by atoms with Gasteiger partial charge in [-0.05, 0) is 43.1 Å². The summed E-state index contributed by atoms with van der Waals surface area (Å²) in [6, 6.07) is 17.7. The topological polar surface area (TPSA) is 12.0 Å². The van der Waals surface area contributed by atoms with Crippen molar-refractivity contribution in [1.29, 1.82) is 0 Å². The van der Waals surface area contributed by atoms with E-state index in [0.29, 0.717) is 6.04 Å². The maximum Gasteiger partial charge on any atom is 0.0302 e. The average Bonchev–Trinajstić information content (AvgIpc) is 2.51. The van der Waals surface area contributed by atoms with Gasteiger partial charge in [-0.25, -0.2) is 0 Å². The fourth-order valence-corrected chi connectivity index (χ4v) is 3.93. The van der Waals surface area contributed by atoms with Crippen molar-refractivity contribution >= 4 is 27.7 Å². The number of thioether (sulfide) groups is 1. The Morgan fingerprint density at radius 3 is 2.57 bits per heavy atom. The van der Waals surface area contributed by atoms with Gasteiger partial charge in [0.05, 0.1) is 0 Å². The van der Waals surface area contributed by atoms with E-state index in [9.17, 15) is 0 Å². The molecule has 0 radical (unpaired) electrons. The molecule has 1 nitrogen and oxygen atoms in total. The molecule has 0 saturated carbocycles. The lowest BCUT2D eigenvalue weighted by Crippen LogP contribution is -2.19. The van der Waals surface area contributed by atoms with Crippen LogP contribution in [0.25, 0.3) is 0 Å². The van der Waals surface area contributed by atoms with Crippen molar-refractivity contribution in [3.8, 4) is 0 Å². The van der Waals surface area contributed by atoms with E-state index in [1.54, 1.807) is 0 Å². The lowest BCUT2D eigenvalue weighted by Gasteiger charge is -2.16. The fourth-order valence-electron chi connectivity index (χ4n) is 2.16. The summed E-state index contributed by atoms with van der Waals surface area (Å²) in [4.78, 5) is 1.30. The largest absolute Gasteiger partial charge is 0.310 e. The predicted octanol–water partition coefficient (Wildman–Crippen LogP) is 5.80. The van der Waals surface area contributed by atoms with E-state index in [0.717, 1.165) is 18.7 Å². The third-order valence-electron chi connectivity index (χ3n) is 3.39. The zero-order chi connectivity index (χ0) is 15.1. The molecule has 0 heterocycles. The van der Waals surface area contributed by atoms with Gasteiger partial charge in [0.1, 0.15) is 0 Å². The Morgan fingerprint density at radius 1 is 1.14 bits per heavy atom. The molecule has 0 amide bonds. The van der Waals surface area contributed by atoms with E-state index in [2.05, 4.69) is 83.6 Å². The Balaban J connectivity index is 1.98. The lowest BCUT2D eigenvalue weighted by molar-refractivity contribution is 0.568. The molecule has 0 aliphatic rings. The Bertz CT molecular complexity index is 556.